The summed E-state index contributed by atoms with van der Waals surface area (Å²) in [6.07, 6.45) is -1.50. The van der Waals surface area contributed by atoms with Gasteiger partial charge < -0.3 is 20.8 Å². The third-order valence-electron chi connectivity index (χ3n) is 0.800. The molecule has 0 aromatic rings. The van der Waals surface area contributed by atoms with Gasteiger partial charge in [0.25, 0.3) is 0 Å². The van der Waals surface area contributed by atoms with E-state index < -0.39 is 15.9 Å². The van der Waals surface area contributed by atoms with Gasteiger partial charge in [0.2, 0.25) is 0 Å². The second-order valence-corrected chi connectivity index (χ2v) is 1.40. The van der Waals surface area contributed by atoms with E-state index >= 15 is 0 Å². The zero-order chi connectivity index (χ0) is 8.15. The SMILES string of the molecule is CC(/[N+]([O-])=N/[O-])/[N+]([O-])=N/[O-].[Na+].[Na+]. The fourth-order valence-corrected chi connectivity index (χ4v) is 0.221. The largest absolute Gasteiger partial charge is 1.00 e. The molecule has 0 saturated carbocycles. The fraction of sp³-hybridized carbons (Fsp3) is 1.00. The molecule has 0 bridgehead atoms. The van der Waals surface area contributed by atoms with E-state index in [0.29, 0.717) is 0 Å². The maximum atomic E-state index is 10.1. The Labute approximate surface area is 112 Å². The van der Waals surface area contributed by atoms with Crippen molar-refractivity contribution in [2.75, 3.05) is 0 Å². The molecule has 58 valence electrons. The first-order valence-electron chi connectivity index (χ1n) is 2.22. The van der Waals surface area contributed by atoms with Gasteiger partial charge in [0.05, 0.1) is 6.92 Å². The average Bonchev–Trinajstić information content (AvgIpc) is 2.00. The molecule has 0 aromatic carbocycles. The summed E-state index contributed by atoms with van der Waals surface area (Å²) >= 11 is 0. The van der Waals surface area contributed by atoms with Gasteiger partial charge in [0.15, 0.2) is 0 Å². The molecule has 12 heavy (non-hydrogen) atoms. The van der Waals surface area contributed by atoms with Gasteiger partial charge in [0, 0.05) is 0 Å². The van der Waals surface area contributed by atoms with Crippen molar-refractivity contribution in [2.24, 2.45) is 10.6 Å². The van der Waals surface area contributed by atoms with Crippen LogP contribution in [0.4, 0.5) is 0 Å². The molecule has 0 atom stereocenters. The van der Waals surface area contributed by atoms with Crippen molar-refractivity contribution in [3.63, 3.8) is 0 Å². The van der Waals surface area contributed by atoms with Gasteiger partial charge in [0.1, 0.15) is 0 Å². The first kappa shape index (κ1) is 18.2. The van der Waals surface area contributed by atoms with E-state index in [2.05, 4.69) is 0 Å². The predicted molar refractivity (Wildman–Crippen MR) is 28.3 cm³/mol. The molecule has 0 unspecified atom stereocenters. The molecule has 0 aliphatic carbocycles. The first-order valence-corrected chi connectivity index (χ1v) is 2.22. The van der Waals surface area contributed by atoms with Crippen molar-refractivity contribution < 1.29 is 68.8 Å². The van der Waals surface area contributed by atoms with Crippen molar-refractivity contribution in [3.8, 4) is 0 Å². The van der Waals surface area contributed by atoms with E-state index in [9.17, 15) is 20.8 Å². The zero-order valence-electron chi connectivity index (χ0n) is 7.00. The van der Waals surface area contributed by atoms with E-state index in [4.69, 9.17) is 0 Å². The Morgan fingerprint density at radius 1 is 1.00 bits per heavy atom. The molecule has 0 spiro atoms. The first-order chi connectivity index (χ1) is 4.63. The van der Waals surface area contributed by atoms with Gasteiger partial charge in [-0.1, -0.05) is 0 Å². The number of hydrogen-bond acceptors (Lipinski definition) is 6. The predicted octanol–water partition coefficient (Wildman–Crippen LogP) is -5.74. The summed E-state index contributed by atoms with van der Waals surface area (Å²) in [5.41, 5.74) is 0. The van der Waals surface area contributed by atoms with Crippen molar-refractivity contribution in [1.82, 2.24) is 0 Å². The standard InChI is InChI=1S/C2H6N4O4.2Na/c1-2(5(9)3-7)6(10)4-8;;/h2,7-8H,1H3;;/q;2*+1/p-2/b5-3-,6-4-;;. The van der Waals surface area contributed by atoms with Crippen molar-refractivity contribution in [1.29, 1.82) is 0 Å². The summed E-state index contributed by atoms with van der Waals surface area (Å²) in [7, 11) is 0. The molecule has 0 saturated heterocycles. The molecule has 0 radical (unpaired) electrons. The normalized spacial score (nSPS) is 11.8. The average molecular weight is 194 g/mol. The van der Waals surface area contributed by atoms with E-state index in [1.54, 1.807) is 0 Å². The van der Waals surface area contributed by atoms with Crippen LogP contribution in [0, 0.1) is 20.8 Å². The Morgan fingerprint density at radius 2 is 1.25 bits per heavy atom. The Balaban J connectivity index is -0.000000405. The van der Waals surface area contributed by atoms with E-state index in [0.717, 1.165) is 6.92 Å². The minimum absolute atomic E-state index is 0. The van der Waals surface area contributed by atoms with E-state index in [1.165, 1.54) is 0 Å². The molecule has 0 aliphatic heterocycles. The molecular weight excluding hydrogens is 190 g/mol. The molecule has 10 heteroatoms. The van der Waals surface area contributed by atoms with Gasteiger partial charge in [-0.3, -0.25) is 0 Å². The Hall–Kier alpha value is 0.400. The summed E-state index contributed by atoms with van der Waals surface area (Å²) in [5, 5.41) is 42.7. The third-order valence-corrected chi connectivity index (χ3v) is 0.800. The van der Waals surface area contributed by atoms with Crippen LogP contribution >= 0.6 is 0 Å². The van der Waals surface area contributed by atoms with Crippen LogP contribution in [0.3, 0.4) is 0 Å². The van der Waals surface area contributed by atoms with Crippen LogP contribution in [0.15, 0.2) is 10.6 Å². The zero-order valence-corrected chi connectivity index (χ0v) is 11.0. The second-order valence-electron chi connectivity index (χ2n) is 1.40. The topological polar surface area (TPSA) is 123 Å². The summed E-state index contributed by atoms with van der Waals surface area (Å²) in [5.74, 6) is 0. The summed E-state index contributed by atoms with van der Waals surface area (Å²) in [6.45, 7) is 1.02. The number of hydroxylamine groups is 2. The van der Waals surface area contributed by atoms with Crippen molar-refractivity contribution >= 4 is 0 Å². The number of rotatable bonds is 2. The number of hydrogen-bond donors (Lipinski definition) is 0. The van der Waals surface area contributed by atoms with Crippen LogP contribution in [0.1, 0.15) is 6.92 Å². The Kier molecular flexibility index (Phi) is 14.4. The summed E-state index contributed by atoms with van der Waals surface area (Å²) in [6, 6.07) is 0. The van der Waals surface area contributed by atoms with Crippen molar-refractivity contribution in [3.05, 3.63) is 20.8 Å². The van der Waals surface area contributed by atoms with Crippen LogP contribution < -0.4 is 59.1 Å². The molecule has 0 N–H and O–H groups in total. The summed E-state index contributed by atoms with van der Waals surface area (Å²) < 4.78 is 0. The van der Waals surface area contributed by atoms with Gasteiger partial charge in [-0.05, 0) is 20.3 Å². The van der Waals surface area contributed by atoms with Crippen LogP contribution in [0.25, 0.3) is 0 Å². The molecule has 0 aliphatic rings. The minimum Gasteiger partial charge on any atom is -0.739 e. The third kappa shape index (κ3) is 5.98. The molecule has 0 fully saturated rings. The maximum absolute atomic E-state index is 10.1. The van der Waals surface area contributed by atoms with Crippen molar-refractivity contribution in [2.45, 2.75) is 13.1 Å². The fourth-order valence-electron chi connectivity index (χ4n) is 0.221. The van der Waals surface area contributed by atoms with Crippen LogP contribution in [0.2, 0.25) is 0 Å². The van der Waals surface area contributed by atoms with E-state index in [1.807, 2.05) is 10.6 Å². The van der Waals surface area contributed by atoms with Crippen LogP contribution in [-0.4, -0.2) is 15.9 Å². The van der Waals surface area contributed by atoms with Gasteiger partial charge in [-0.15, -0.1) is 0 Å². The van der Waals surface area contributed by atoms with E-state index in [-0.39, 0.29) is 59.1 Å². The Morgan fingerprint density at radius 3 is 1.42 bits per heavy atom. The minimum atomic E-state index is -1.50. The maximum Gasteiger partial charge on any atom is 1.00 e. The van der Waals surface area contributed by atoms with Crippen LogP contribution in [-0.2, 0) is 0 Å². The smallest absolute Gasteiger partial charge is 0.739 e. The summed E-state index contributed by atoms with van der Waals surface area (Å²) in [4.78, 5) is -0.928. The number of nitrogens with zero attached hydrogens (tertiary/aromatic N) is 4. The quantitative estimate of drug-likeness (QED) is 0.143. The molecule has 0 heterocycles. The molecule has 0 amide bonds. The molecule has 0 rings (SSSR count). The molecular formula is C2H4N4Na2O4. The molecule has 8 nitrogen and oxygen atoms in total. The monoisotopic (exact) mass is 194 g/mol. The van der Waals surface area contributed by atoms with Crippen LogP contribution in [0.5, 0.6) is 0 Å². The Bertz CT molecular complexity index is 154. The van der Waals surface area contributed by atoms with Gasteiger partial charge in [-0.2, -0.15) is 0 Å². The second kappa shape index (κ2) is 9.49. The van der Waals surface area contributed by atoms with Gasteiger partial charge in [-0.25, -0.2) is 0 Å². The molecule has 0 aromatic heterocycles. The van der Waals surface area contributed by atoms with Gasteiger partial charge >= 0.3 is 65.3 Å².